The summed E-state index contributed by atoms with van der Waals surface area (Å²) < 4.78 is 6.39. The molecule has 2 N–H and O–H groups in total. The summed E-state index contributed by atoms with van der Waals surface area (Å²) in [5.41, 5.74) is 3.30. The normalized spacial score (nSPS) is 26.1. The van der Waals surface area contributed by atoms with Gasteiger partial charge in [-0.15, -0.1) is 0 Å². The van der Waals surface area contributed by atoms with Gasteiger partial charge >= 0.3 is 0 Å². The van der Waals surface area contributed by atoms with Gasteiger partial charge in [0.05, 0.1) is 11.7 Å². The van der Waals surface area contributed by atoms with Gasteiger partial charge in [-0.05, 0) is 64.5 Å². The molecule has 3 fully saturated rings. The van der Waals surface area contributed by atoms with E-state index in [-0.39, 0.29) is 18.5 Å². The van der Waals surface area contributed by atoms with E-state index in [2.05, 4.69) is 34.1 Å². The number of aromatic nitrogens is 2. The summed E-state index contributed by atoms with van der Waals surface area (Å²) in [6.45, 7) is 4.26. The molecule has 1 amide bonds. The Morgan fingerprint density at radius 3 is 2.47 bits per heavy atom. The number of rotatable bonds is 6. The number of fused-ring (bicyclic) bond motifs is 1. The molecule has 8 heteroatoms. The third kappa shape index (κ3) is 5.33. The van der Waals surface area contributed by atoms with Crippen molar-refractivity contribution in [2.24, 2.45) is 17.8 Å². The van der Waals surface area contributed by atoms with Crippen molar-refractivity contribution in [3.8, 4) is 11.3 Å². The zero-order valence-electron chi connectivity index (χ0n) is 20.3. The maximum absolute atomic E-state index is 13.6. The van der Waals surface area contributed by atoms with Gasteiger partial charge in [-0.2, -0.15) is 5.10 Å². The number of nitrogens with zero attached hydrogens (tertiary/aromatic N) is 3. The molecule has 2 aliphatic carbocycles. The van der Waals surface area contributed by atoms with Crippen molar-refractivity contribution in [2.45, 2.75) is 44.8 Å². The number of aryl methyl sites for hydroxylation is 1. The Bertz CT molecular complexity index is 972. The summed E-state index contributed by atoms with van der Waals surface area (Å²) in [6, 6.07) is 10.4. The third-order valence-electron chi connectivity index (χ3n) is 7.49. The van der Waals surface area contributed by atoms with Crippen molar-refractivity contribution < 1.29 is 19.4 Å². The van der Waals surface area contributed by atoms with E-state index in [1.54, 1.807) is 0 Å². The maximum Gasteiger partial charge on any atom is 0.290 e. The van der Waals surface area contributed by atoms with Crippen LogP contribution in [0.5, 0.6) is 0 Å². The number of carbonyl (C=O) groups excluding carboxylic acids is 1. The zero-order valence-corrected chi connectivity index (χ0v) is 20.3. The SMILES string of the molecule is Cc1[nH]nc(-c2ccccc2)c1C(=O)N1C[C@H]2C[C@@H](N(C)C)[C@H](OCC3CC3)C[C@H]2C1.O=CO. The number of hydrogen-bond acceptors (Lipinski definition) is 5. The second-order valence-corrected chi connectivity index (χ2v) is 10.1. The summed E-state index contributed by atoms with van der Waals surface area (Å²) in [6.07, 6.45) is 5.08. The topological polar surface area (TPSA) is 98.8 Å². The van der Waals surface area contributed by atoms with Crippen molar-refractivity contribution in [3.05, 3.63) is 41.6 Å². The van der Waals surface area contributed by atoms with Crippen molar-refractivity contribution >= 4 is 12.4 Å². The van der Waals surface area contributed by atoms with Crippen LogP contribution < -0.4 is 0 Å². The highest BCUT2D eigenvalue weighted by molar-refractivity contribution is 6.01. The molecule has 184 valence electrons. The number of ether oxygens (including phenoxy) is 1. The Hall–Kier alpha value is -2.71. The van der Waals surface area contributed by atoms with E-state index in [0.29, 0.717) is 17.9 Å². The molecule has 1 aromatic heterocycles. The number of carboxylic acid groups (broad SMARTS) is 1. The average molecular weight is 469 g/mol. The fraction of sp³-hybridized carbons (Fsp3) is 0.577. The van der Waals surface area contributed by atoms with Gasteiger partial charge < -0.3 is 19.6 Å². The monoisotopic (exact) mass is 468 g/mol. The lowest BCUT2D eigenvalue weighted by atomic mass is 9.77. The number of aromatic amines is 1. The summed E-state index contributed by atoms with van der Waals surface area (Å²) in [5, 5.41) is 14.4. The van der Waals surface area contributed by atoms with Crippen LogP contribution in [-0.2, 0) is 9.53 Å². The van der Waals surface area contributed by atoms with Crippen LogP contribution in [0.15, 0.2) is 30.3 Å². The minimum Gasteiger partial charge on any atom is -0.483 e. The van der Waals surface area contributed by atoms with E-state index < -0.39 is 0 Å². The first-order chi connectivity index (χ1) is 16.4. The molecule has 2 heterocycles. The van der Waals surface area contributed by atoms with E-state index in [0.717, 1.165) is 61.0 Å². The highest BCUT2D eigenvalue weighted by Gasteiger charge is 2.45. The van der Waals surface area contributed by atoms with Gasteiger partial charge in [0.2, 0.25) is 0 Å². The summed E-state index contributed by atoms with van der Waals surface area (Å²) >= 11 is 0. The molecule has 3 aliphatic rings. The first kappa shape index (κ1) is 24.4. The number of H-pyrrole nitrogens is 1. The summed E-state index contributed by atoms with van der Waals surface area (Å²) in [7, 11) is 4.33. The van der Waals surface area contributed by atoms with Gasteiger partial charge in [-0.25, -0.2) is 0 Å². The highest BCUT2D eigenvalue weighted by atomic mass is 16.5. The molecular formula is C26H36N4O4. The van der Waals surface area contributed by atoms with Gasteiger partial charge in [-0.1, -0.05) is 30.3 Å². The van der Waals surface area contributed by atoms with Crippen LogP contribution >= 0.6 is 0 Å². The lowest BCUT2D eigenvalue weighted by Gasteiger charge is -2.41. The van der Waals surface area contributed by atoms with E-state index in [4.69, 9.17) is 14.6 Å². The third-order valence-corrected chi connectivity index (χ3v) is 7.49. The Balaban J connectivity index is 0.000000868. The molecule has 0 unspecified atom stereocenters. The number of likely N-dealkylation sites (tertiary alicyclic amines) is 1. The van der Waals surface area contributed by atoms with Crippen molar-refractivity contribution in [2.75, 3.05) is 33.8 Å². The van der Waals surface area contributed by atoms with Crippen LogP contribution in [0.2, 0.25) is 0 Å². The Morgan fingerprint density at radius 2 is 1.85 bits per heavy atom. The molecule has 1 aromatic carbocycles. The van der Waals surface area contributed by atoms with Gasteiger partial charge in [-0.3, -0.25) is 14.7 Å². The van der Waals surface area contributed by atoms with Crippen LogP contribution in [0.4, 0.5) is 0 Å². The molecular weight excluding hydrogens is 432 g/mol. The minimum absolute atomic E-state index is 0.108. The van der Waals surface area contributed by atoms with E-state index in [1.165, 1.54) is 12.8 Å². The first-order valence-corrected chi connectivity index (χ1v) is 12.2. The molecule has 2 aromatic rings. The van der Waals surface area contributed by atoms with Gasteiger partial charge in [0, 0.05) is 37.0 Å². The number of benzene rings is 1. The second-order valence-electron chi connectivity index (χ2n) is 10.1. The fourth-order valence-electron chi connectivity index (χ4n) is 5.48. The molecule has 0 spiro atoms. The highest BCUT2D eigenvalue weighted by Crippen LogP contribution is 2.41. The first-order valence-electron chi connectivity index (χ1n) is 12.2. The van der Waals surface area contributed by atoms with E-state index in [1.807, 2.05) is 37.3 Å². The van der Waals surface area contributed by atoms with Crippen LogP contribution in [0.3, 0.4) is 0 Å². The summed E-state index contributed by atoms with van der Waals surface area (Å²) in [5.74, 6) is 1.96. The smallest absolute Gasteiger partial charge is 0.290 e. The molecule has 2 saturated carbocycles. The predicted octanol–water partition coefficient (Wildman–Crippen LogP) is 3.29. The quantitative estimate of drug-likeness (QED) is 0.632. The molecule has 34 heavy (non-hydrogen) atoms. The Kier molecular flexibility index (Phi) is 7.68. The number of amides is 1. The molecule has 0 radical (unpaired) electrons. The van der Waals surface area contributed by atoms with Crippen LogP contribution in [0.25, 0.3) is 11.3 Å². The molecule has 0 bridgehead atoms. The summed E-state index contributed by atoms with van der Waals surface area (Å²) in [4.78, 5) is 26.4. The number of nitrogens with one attached hydrogen (secondary N) is 1. The molecule has 1 saturated heterocycles. The fourth-order valence-corrected chi connectivity index (χ4v) is 5.48. The second kappa shape index (κ2) is 10.7. The largest absolute Gasteiger partial charge is 0.483 e. The Labute approximate surface area is 201 Å². The average Bonchev–Trinajstić information content (AvgIpc) is 3.44. The Morgan fingerprint density at radius 1 is 1.21 bits per heavy atom. The molecule has 8 nitrogen and oxygen atoms in total. The van der Waals surface area contributed by atoms with Crippen LogP contribution in [0.1, 0.15) is 41.7 Å². The number of carbonyl (C=O) groups is 2. The van der Waals surface area contributed by atoms with Crippen LogP contribution in [0, 0.1) is 24.7 Å². The molecule has 4 atom stereocenters. The van der Waals surface area contributed by atoms with Gasteiger partial charge in [0.25, 0.3) is 12.4 Å². The number of likely N-dealkylation sites (N-methyl/N-ethyl adjacent to an activating group) is 1. The van der Waals surface area contributed by atoms with Gasteiger partial charge in [0.15, 0.2) is 0 Å². The predicted molar refractivity (Wildman–Crippen MR) is 130 cm³/mol. The standard InChI is InChI=1S/C25H34N4O2.CH2O2/c1-16-23(24(27-26-16)18-7-5-4-6-8-18)25(30)29-13-19-11-21(28(2)3)22(12-20(19)14-29)31-15-17-9-10-17;2-1-3/h4-8,17,19-22H,9-15H2,1-3H3,(H,26,27);1H,(H,2,3)/t19-,20+,21-,22-;/m1./s1. The van der Waals surface area contributed by atoms with Crippen molar-refractivity contribution in [1.82, 2.24) is 20.0 Å². The van der Waals surface area contributed by atoms with Crippen molar-refractivity contribution in [3.63, 3.8) is 0 Å². The van der Waals surface area contributed by atoms with E-state index >= 15 is 0 Å². The lowest BCUT2D eigenvalue weighted by Crippen LogP contribution is -2.48. The van der Waals surface area contributed by atoms with Crippen LogP contribution in [-0.4, -0.2) is 83.4 Å². The van der Waals surface area contributed by atoms with E-state index in [9.17, 15) is 4.79 Å². The maximum atomic E-state index is 13.6. The van der Waals surface area contributed by atoms with Gasteiger partial charge in [0.1, 0.15) is 5.69 Å². The lowest BCUT2D eigenvalue weighted by molar-refractivity contribution is -0.122. The minimum atomic E-state index is -0.250. The number of hydrogen-bond donors (Lipinski definition) is 2. The zero-order chi connectivity index (χ0) is 24.2. The molecule has 1 aliphatic heterocycles. The molecule has 5 rings (SSSR count). The van der Waals surface area contributed by atoms with Crippen molar-refractivity contribution in [1.29, 1.82) is 0 Å².